The molecule has 0 spiro atoms. The predicted molar refractivity (Wildman–Crippen MR) is 74.5 cm³/mol. The molecule has 0 atom stereocenters. The zero-order valence-corrected chi connectivity index (χ0v) is 12.1. The van der Waals surface area contributed by atoms with Crippen molar-refractivity contribution in [2.24, 2.45) is 10.4 Å². The van der Waals surface area contributed by atoms with Gasteiger partial charge in [-0.05, 0) is 32.4 Å². The van der Waals surface area contributed by atoms with Gasteiger partial charge in [0.2, 0.25) is 0 Å². The van der Waals surface area contributed by atoms with Crippen LogP contribution in [0.1, 0.15) is 20.3 Å². The first-order chi connectivity index (χ1) is 9.25. The van der Waals surface area contributed by atoms with Crippen LogP contribution in [0, 0.1) is 5.41 Å². The molecule has 1 aromatic rings. The van der Waals surface area contributed by atoms with Crippen LogP contribution in [0.2, 0.25) is 0 Å². The van der Waals surface area contributed by atoms with Crippen LogP contribution in [0.15, 0.2) is 34.2 Å². The van der Waals surface area contributed by atoms with E-state index in [1.807, 2.05) is 0 Å². The summed E-state index contributed by atoms with van der Waals surface area (Å²) in [6.07, 6.45) is 1.45. The number of hydrogen-bond donors (Lipinski definition) is 1. The number of nitrogens with zero attached hydrogens (tertiary/aromatic N) is 2. The summed E-state index contributed by atoms with van der Waals surface area (Å²) in [5.74, 6) is -0.954. The third-order valence-corrected chi connectivity index (χ3v) is 5.11. The van der Waals surface area contributed by atoms with Gasteiger partial charge in [0.05, 0.1) is 11.1 Å². The first kappa shape index (κ1) is 14.5. The average molecular weight is 296 g/mol. The molecule has 0 radical (unpaired) electrons. The van der Waals surface area contributed by atoms with E-state index in [0.717, 1.165) is 4.31 Å². The number of para-hydroxylation sites is 1. The van der Waals surface area contributed by atoms with Gasteiger partial charge in [0.25, 0.3) is 10.0 Å². The average Bonchev–Trinajstić information content (AvgIpc) is 2.37. The number of benzene rings is 1. The van der Waals surface area contributed by atoms with Crippen molar-refractivity contribution in [3.05, 3.63) is 24.3 Å². The molecular formula is C13H16N2O4S. The molecule has 0 saturated heterocycles. The molecule has 0 bridgehead atoms. The molecule has 0 unspecified atom stereocenters. The lowest BCUT2D eigenvalue weighted by molar-refractivity contribution is -0.147. The van der Waals surface area contributed by atoms with Crippen LogP contribution in [-0.4, -0.2) is 36.7 Å². The molecule has 2 rings (SSSR count). The summed E-state index contributed by atoms with van der Waals surface area (Å²) < 4.78 is 25.9. The van der Waals surface area contributed by atoms with Crippen molar-refractivity contribution in [2.75, 3.05) is 6.54 Å². The summed E-state index contributed by atoms with van der Waals surface area (Å²) in [5.41, 5.74) is -0.582. The van der Waals surface area contributed by atoms with Gasteiger partial charge in [0.1, 0.15) is 11.2 Å². The number of hydrogen-bond acceptors (Lipinski definition) is 4. The summed E-state index contributed by atoms with van der Waals surface area (Å²) in [5, 5.41) is 9.06. The summed E-state index contributed by atoms with van der Waals surface area (Å²) in [6.45, 7) is 3.22. The van der Waals surface area contributed by atoms with E-state index in [0.29, 0.717) is 5.69 Å². The standard InChI is InChI=1S/C13H16N2O4S/c1-13(2,12(16)17)7-8-15-9-14-10-5-3-4-6-11(10)20(15,18)19/h3-6,9H,7-8H2,1-2H3,(H,16,17). The highest BCUT2D eigenvalue weighted by atomic mass is 32.2. The second-order valence-electron chi connectivity index (χ2n) is 5.27. The van der Waals surface area contributed by atoms with Crippen molar-refractivity contribution in [3.63, 3.8) is 0 Å². The number of rotatable bonds is 4. The second kappa shape index (κ2) is 4.90. The number of sulfonamides is 1. The number of carboxylic acid groups (broad SMARTS) is 1. The van der Waals surface area contributed by atoms with Crippen LogP contribution in [0.5, 0.6) is 0 Å². The summed E-state index contributed by atoms with van der Waals surface area (Å²) in [6, 6.07) is 6.48. The minimum atomic E-state index is -3.64. The molecule has 0 fully saturated rings. The molecule has 0 amide bonds. The maximum absolute atomic E-state index is 12.4. The van der Waals surface area contributed by atoms with E-state index < -0.39 is 21.4 Å². The van der Waals surface area contributed by atoms with Gasteiger partial charge in [0, 0.05) is 6.54 Å². The molecular weight excluding hydrogens is 280 g/mol. The number of aliphatic imine (C=N–C) groups is 1. The fourth-order valence-electron chi connectivity index (χ4n) is 1.77. The van der Waals surface area contributed by atoms with Crippen LogP contribution in [0.4, 0.5) is 5.69 Å². The van der Waals surface area contributed by atoms with Gasteiger partial charge in [-0.2, -0.15) is 0 Å². The quantitative estimate of drug-likeness (QED) is 0.918. The number of carbonyl (C=O) groups is 1. The van der Waals surface area contributed by atoms with E-state index >= 15 is 0 Å². The maximum atomic E-state index is 12.4. The van der Waals surface area contributed by atoms with Gasteiger partial charge in [-0.25, -0.2) is 13.4 Å². The molecule has 7 heteroatoms. The Morgan fingerprint density at radius 2 is 2.00 bits per heavy atom. The van der Waals surface area contributed by atoms with Gasteiger partial charge in [-0.15, -0.1) is 0 Å². The molecule has 1 aliphatic heterocycles. The van der Waals surface area contributed by atoms with Crippen LogP contribution in [0.3, 0.4) is 0 Å². The molecule has 0 aliphatic carbocycles. The number of aliphatic carboxylic acids is 1. The highest BCUT2D eigenvalue weighted by Gasteiger charge is 2.32. The summed E-state index contributed by atoms with van der Waals surface area (Å²) in [4.78, 5) is 15.3. The van der Waals surface area contributed by atoms with E-state index in [1.165, 1.54) is 12.4 Å². The molecule has 1 aromatic carbocycles. The van der Waals surface area contributed by atoms with Gasteiger partial charge in [0.15, 0.2) is 0 Å². The van der Waals surface area contributed by atoms with Crippen molar-refractivity contribution in [2.45, 2.75) is 25.2 Å². The Balaban J connectivity index is 2.23. The zero-order chi connectivity index (χ0) is 15.0. The van der Waals surface area contributed by atoms with E-state index in [1.54, 1.807) is 32.0 Å². The van der Waals surface area contributed by atoms with E-state index in [-0.39, 0.29) is 17.9 Å². The van der Waals surface area contributed by atoms with Crippen molar-refractivity contribution in [1.82, 2.24) is 4.31 Å². The van der Waals surface area contributed by atoms with Gasteiger partial charge in [-0.3, -0.25) is 9.10 Å². The fourth-order valence-corrected chi connectivity index (χ4v) is 3.16. The van der Waals surface area contributed by atoms with Crippen molar-refractivity contribution >= 4 is 28.0 Å². The van der Waals surface area contributed by atoms with Crippen LogP contribution in [0.25, 0.3) is 0 Å². The third kappa shape index (κ3) is 2.53. The lowest BCUT2D eigenvalue weighted by Crippen LogP contribution is -2.36. The first-order valence-electron chi connectivity index (χ1n) is 6.13. The topological polar surface area (TPSA) is 87.0 Å². The molecule has 1 heterocycles. The van der Waals surface area contributed by atoms with Gasteiger partial charge < -0.3 is 5.11 Å². The van der Waals surface area contributed by atoms with E-state index in [9.17, 15) is 13.2 Å². The molecule has 108 valence electrons. The molecule has 0 aromatic heterocycles. The smallest absolute Gasteiger partial charge is 0.309 e. The van der Waals surface area contributed by atoms with Crippen molar-refractivity contribution < 1.29 is 18.3 Å². The normalized spacial score (nSPS) is 16.8. The Morgan fingerprint density at radius 1 is 1.35 bits per heavy atom. The molecule has 0 saturated carbocycles. The molecule has 20 heavy (non-hydrogen) atoms. The monoisotopic (exact) mass is 296 g/mol. The van der Waals surface area contributed by atoms with Crippen LogP contribution in [-0.2, 0) is 14.8 Å². The second-order valence-corrected chi connectivity index (χ2v) is 7.13. The largest absolute Gasteiger partial charge is 0.481 e. The third-order valence-electron chi connectivity index (χ3n) is 3.31. The maximum Gasteiger partial charge on any atom is 0.309 e. The van der Waals surface area contributed by atoms with E-state index in [2.05, 4.69) is 4.99 Å². The highest BCUT2D eigenvalue weighted by molar-refractivity contribution is 7.89. The Bertz CT molecular complexity index is 665. The molecule has 1 N–H and O–H groups in total. The predicted octanol–water partition coefficient (Wildman–Crippen LogP) is 1.85. The van der Waals surface area contributed by atoms with E-state index in [4.69, 9.17) is 5.11 Å². The van der Waals surface area contributed by atoms with Crippen LogP contribution < -0.4 is 0 Å². The molecule has 6 nitrogen and oxygen atoms in total. The highest BCUT2D eigenvalue weighted by Crippen LogP contribution is 2.31. The van der Waals surface area contributed by atoms with Crippen LogP contribution >= 0.6 is 0 Å². The van der Waals surface area contributed by atoms with Crippen molar-refractivity contribution in [1.29, 1.82) is 0 Å². The van der Waals surface area contributed by atoms with Gasteiger partial charge in [-0.1, -0.05) is 12.1 Å². The summed E-state index contributed by atoms with van der Waals surface area (Å²) in [7, 11) is -3.64. The van der Waals surface area contributed by atoms with Crippen molar-refractivity contribution in [3.8, 4) is 0 Å². The SMILES string of the molecule is CC(C)(CCN1C=Nc2ccccc2S1(=O)=O)C(=O)O. The Kier molecular flexibility index (Phi) is 3.56. The lowest BCUT2D eigenvalue weighted by atomic mass is 9.90. The number of carboxylic acids is 1. The Labute approximate surface area is 117 Å². The summed E-state index contributed by atoms with van der Waals surface area (Å²) >= 11 is 0. The number of fused-ring (bicyclic) bond motifs is 1. The first-order valence-corrected chi connectivity index (χ1v) is 7.57. The minimum Gasteiger partial charge on any atom is -0.481 e. The zero-order valence-electron chi connectivity index (χ0n) is 11.3. The lowest BCUT2D eigenvalue weighted by Gasteiger charge is -2.27. The minimum absolute atomic E-state index is 0.0828. The molecule has 1 aliphatic rings. The van der Waals surface area contributed by atoms with Gasteiger partial charge >= 0.3 is 5.97 Å². The Morgan fingerprint density at radius 3 is 2.65 bits per heavy atom. The fraction of sp³-hybridized carbons (Fsp3) is 0.385. The Hall–Kier alpha value is -1.89.